The van der Waals surface area contributed by atoms with Gasteiger partial charge in [-0.1, -0.05) is 18.5 Å². The minimum atomic E-state index is 0.851. The second-order valence-corrected chi connectivity index (χ2v) is 3.61. The SMILES string of the molecule is CCc1nn(CC)c(CCNC)c1Cl. The summed E-state index contributed by atoms with van der Waals surface area (Å²) in [5.41, 5.74) is 2.17. The molecule has 1 rings (SSSR count). The lowest BCUT2D eigenvalue weighted by Gasteiger charge is -2.04. The molecule has 3 nitrogen and oxygen atoms in total. The van der Waals surface area contributed by atoms with Crippen molar-refractivity contribution in [3.8, 4) is 0 Å². The van der Waals surface area contributed by atoms with Crippen molar-refractivity contribution in [2.75, 3.05) is 13.6 Å². The average molecular weight is 216 g/mol. The van der Waals surface area contributed by atoms with E-state index < -0.39 is 0 Å². The van der Waals surface area contributed by atoms with Crippen molar-refractivity contribution in [1.29, 1.82) is 0 Å². The molecule has 0 saturated heterocycles. The van der Waals surface area contributed by atoms with Crippen LogP contribution in [0.5, 0.6) is 0 Å². The van der Waals surface area contributed by atoms with Crippen molar-refractivity contribution in [2.45, 2.75) is 33.2 Å². The fourth-order valence-corrected chi connectivity index (χ4v) is 1.86. The Bertz CT molecular complexity index is 294. The third kappa shape index (κ3) is 2.28. The Labute approximate surface area is 90.4 Å². The molecule has 0 amide bonds. The van der Waals surface area contributed by atoms with Gasteiger partial charge in [0.15, 0.2) is 0 Å². The number of hydrogen-bond donors (Lipinski definition) is 1. The summed E-state index contributed by atoms with van der Waals surface area (Å²) >= 11 is 6.23. The van der Waals surface area contributed by atoms with Gasteiger partial charge in [0.25, 0.3) is 0 Å². The van der Waals surface area contributed by atoms with E-state index >= 15 is 0 Å². The molecule has 0 bridgehead atoms. The first kappa shape index (κ1) is 11.5. The molecule has 0 radical (unpaired) electrons. The van der Waals surface area contributed by atoms with Crippen LogP contribution in [0.3, 0.4) is 0 Å². The Hall–Kier alpha value is -0.540. The fraction of sp³-hybridized carbons (Fsp3) is 0.700. The largest absolute Gasteiger partial charge is 0.319 e. The summed E-state index contributed by atoms with van der Waals surface area (Å²) < 4.78 is 2.00. The zero-order valence-corrected chi connectivity index (χ0v) is 9.86. The fourth-order valence-electron chi connectivity index (χ4n) is 1.50. The molecule has 0 unspecified atom stereocenters. The Morgan fingerprint density at radius 3 is 2.64 bits per heavy atom. The van der Waals surface area contributed by atoms with Crippen LogP contribution < -0.4 is 5.32 Å². The van der Waals surface area contributed by atoms with Gasteiger partial charge in [0.05, 0.1) is 16.4 Å². The molecule has 80 valence electrons. The van der Waals surface area contributed by atoms with Gasteiger partial charge >= 0.3 is 0 Å². The van der Waals surface area contributed by atoms with E-state index in [9.17, 15) is 0 Å². The zero-order valence-electron chi connectivity index (χ0n) is 9.10. The highest BCUT2D eigenvalue weighted by Crippen LogP contribution is 2.21. The molecule has 1 heterocycles. The van der Waals surface area contributed by atoms with Gasteiger partial charge in [-0.15, -0.1) is 0 Å². The number of hydrogen-bond acceptors (Lipinski definition) is 2. The van der Waals surface area contributed by atoms with E-state index in [1.807, 2.05) is 11.7 Å². The van der Waals surface area contributed by atoms with E-state index in [0.717, 1.165) is 42.3 Å². The molecule has 0 atom stereocenters. The quantitative estimate of drug-likeness (QED) is 0.813. The summed E-state index contributed by atoms with van der Waals surface area (Å²) in [5, 5.41) is 8.43. The molecule has 4 heteroatoms. The summed E-state index contributed by atoms with van der Waals surface area (Å²) in [6.45, 7) is 6.00. The number of aromatic nitrogens is 2. The number of halogens is 1. The van der Waals surface area contributed by atoms with Crippen molar-refractivity contribution in [2.24, 2.45) is 0 Å². The third-order valence-corrected chi connectivity index (χ3v) is 2.74. The molecular weight excluding hydrogens is 198 g/mol. The smallest absolute Gasteiger partial charge is 0.0850 e. The van der Waals surface area contributed by atoms with Crippen LogP contribution in [0.1, 0.15) is 25.2 Å². The highest BCUT2D eigenvalue weighted by molar-refractivity contribution is 6.31. The van der Waals surface area contributed by atoms with Gasteiger partial charge in [-0.25, -0.2) is 0 Å². The number of nitrogens with zero attached hydrogens (tertiary/aromatic N) is 2. The molecule has 1 aromatic rings. The van der Waals surface area contributed by atoms with Crippen molar-refractivity contribution >= 4 is 11.6 Å². The maximum absolute atomic E-state index is 6.23. The van der Waals surface area contributed by atoms with E-state index in [-0.39, 0.29) is 0 Å². The normalized spacial score (nSPS) is 10.9. The van der Waals surface area contributed by atoms with Crippen molar-refractivity contribution in [3.05, 3.63) is 16.4 Å². The Kier molecular flexibility index (Phi) is 4.42. The van der Waals surface area contributed by atoms with Crippen molar-refractivity contribution < 1.29 is 0 Å². The molecule has 0 aliphatic rings. The van der Waals surface area contributed by atoms with Gasteiger partial charge in [0.2, 0.25) is 0 Å². The van der Waals surface area contributed by atoms with E-state index in [1.54, 1.807) is 0 Å². The van der Waals surface area contributed by atoms with Gasteiger partial charge in [0.1, 0.15) is 0 Å². The van der Waals surface area contributed by atoms with E-state index in [4.69, 9.17) is 11.6 Å². The zero-order chi connectivity index (χ0) is 10.6. The summed E-state index contributed by atoms with van der Waals surface area (Å²) in [4.78, 5) is 0. The highest BCUT2D eigenvalue weighted by Gasteiger charge is 2.12. The molecule has 0 saturated carbocycles. The first-order valence-electron chi connectivity index (χ1n) is 5.13. The lowest BCUT2D eigenvalue weighted by molar-refractivity contribution is 0.604. The second kappa shape index (κ2) is 5.37. The molecule has 0 aliphatic carbocycles. The second-order valence-electron chi connectivity index (χ2n) is 3.23. The molecular formula is C10H18ClN3. The summed E-state index contributed by atoms with van der Waals surface area (Å²) in [5.74, 6) is 0. The van der Waals surface area contributed by atoms with Gasteiger partial charge < -0.3 is 5.32 Å². The first-order valence-corrected chi connectivity index (χ1v) is 5.51. The minimum absolute atomic E-state index is 0.851. The molecule has 0 aliphatic heterocycles. The van der Waals surface area contributed by atoms with Crippen LogP contribution in [-0.4, -0.2) is 23.4 Å². The summed E-state index contributed by atoms with van der Waals surface area (Å²) in [6, 6.07) is 0. The van der Waals surface area contributed by atoms with Crippen LogP contribution in [0.4, 0.5) is 0 Å². The molecule has 0 spiro atoms. The third-order valence-electron chi connectivity index (χ3n) is 2.31. The molecule has 1 aromatic heterocycles. The highest BCUT2D eigenvalue weighted by atomic mass is 35.5. The predicted molar refractivity (Wildman–Crippen MR) is 59.9 cm³/mol. The first-order chi connectivity index (χ1) is 6.74. The summed E-state index contributed by atoms with van der Waals surface area (Å²) in [7, 11) is 1.95. The van der Waals surface area contributed by atoms with Crippen LogP contribution in [0.25, 0.3) is 0 Å². The topological polar surface area (TPSA) is 29.9 Å². The summed E-state index contributed by atoms with van der Waals surface area (Å²) in [6.07, 6.45) is 1.84. The molecule has 14 heavy (non-hydrogen) atoms. The lowest BCUT2D eigenvalue weighted by atomic mass is 10.2. The lowest BCUT2D eigenvalue weighted by Crippen LogP contribution is -2.13. The van der Waals surface area contributed by atoms with Crippen LogP contribution in [0, 0.1) is 0 Å². The molecule has 1 N–H and O–H groups in total. The number of aryl methyl sites for hydroxylation is 2. The van der Waals surface area contributed by atoms with E-state index in [0.29, 0.717) is 0 Å². The van der Waals surface area contributed by atoms with Crippen LogP contribution in [-0.2, 0) is 19.4 Å². The maximum atomic E-state index is 6.23. The predicted octanol–water partition coefficient (Wildman–Crippen LogP) is 1.88. The van der Waals surface area contributed by atoms with Gasteiger partial charge in [-0.2, -0.15) is 5.10 Å². The monoisotopic (exact) mass is 215 g/mol. The Balaban J connectivity index is 2.92. The molecule has 0 aromatic carbocycles. The standard InChI is InChI=1S/C10H18ClN3/c1-4-8-10(11)9(6-7-12-3)14(5-2)13-8/h12H,4-7H2,1-3H3. The van der Waals surface area contributed by atoms with Crippen LogP contribution in [0.2, 0.25) is 5.02 Å². The Morgan fingerprint density at radius 2 is 2.14 bits per heavy atom. The van der Waals surface area contributed by atoms with Gasteiger partial charge in [-0.05, 0) is 20.4 Å². The average Bonchev–Trinajstić information content (AvgIpc) is 2.52. The van der Waals surface area contributed by atoms with Crippen molar-refractivity contribution in [3.63, 3.8) is 0 Å². The Morgan fingerprint density at radius 1 is 1.43 bits per heavy atom. The van der Waals surface area contributed by atoms with Gasteiger partial charge in [-0.3, -0.25) is 4.68 Å². The number of rotatable bonds is 5. The number of likely N-dealkylation sites (N-methyl/N-ethyl adjacent to an activating group) is 1. The van der Waals surface area contributed by atoms with Crippen LogP contribution >= 0.6 is 11.6 Å². The number of nitrogens with one attached hydrogen (secondary N) is 1. The van der Waals surface area contributed by atoms with Crippen molar-refractivity contribution in [1.82, 2.24) is 15.1 Å². The van der Waals surface area contributed by atoms with E-state index in [1.165, 1.54) is 0 Å². The van der Waals surface area contributed by atoms with Gasteiger partial charge in [0, 0.05) is 19.5 Å². The van der Waals surface area contributed by atoms with Crippen LogP contribution in [0.15, 0.2) is 0 Å². The maximum Gasteiger partial charge on any atom is 0.0850 e. The minimum Gasteiger partial charge on any atom is -0.319 e. The molecule has 0 fully saturated rings. The van der Waals surface area contributed by atoms with E-state index in [2.05, 4.69) is 24.3 Å².